The van der Waals surface area contributed by atoms with E-state index in [1.165, 1.54) is 44.9 Å². The molecule has 0 aromatic rings. The highest BCUT2D eigenvalue weighted by Gasteiger charge is 2.57. The van der Waals surface area contributed by atoms with E-state index in [0.29, 0.717) is 22.7 Å². The van der Waals surface area contributed by atoms with Crippen molar-refractivity contribution in [1.29, 1.82) is 0 Å². The first-order chi connectivity index (χ1) is 14.2. The van der Waals surface area contributed by atoms with Crippen molar-refractivity contribution < 1.29 is 5.11 Å². The van der Waals surface area contributed by atoms with Gasteiger partial charge in [-0.1, -0.05) is 65.3 Å². The number of aliphatic hydroxyl groups is 1. The lowest BCUT2D eigenvalue weighted by molar-refractivity contribution is -0.0414. The fourth-order valence-electron chi connectivity index (χ4n) is 8.68. The third-order valence-corrected chi connectivity index (χ3v) is 10.7. The summed E-state index contributed by atoms with van der Waals surface area (Å²) in [6.07, 6.45) is 19.2. The molecule has 9 atom stereocenters. The molecule has 1 N–H and O–H groups in total. The second-order valence-corrected chi connectivity index (χ2v) is 12.5. The van der Waals surface area contributed by atoms with Crippen molar-refractivity contribution in [3.05, 3.63) is 23.8 Å². The van der Waals surface area contributed by atoms with E-state index < -0.39 is 0 Å². The quantitative estimate of drug-likeness (QED) is 0.457. The van der Waals surface area contributed by atoms with Crippen molar-refractivity contribution in [3.8, 4) is 0 Å². The highest BCUT2D eigenvalue weighted by Crippen LogP contribution is 2.66. The number of fused-ring (bicyclic) bond motifs is 5. The van der Waals surface area contributed by atoms with E-state index in [9.17, 15) is 5.11 Å². The first-order valence-electron chi connectivity index (χ1n) is 13.3. The van der Waals surface area contributed by atoms with E-state index in [1.807, 2.05) is 5.57 Å². The van der Waals surface area contributed by atoms with Crippen molar-refractivity contribution in [3.63, 3.8) is 0 Å². The van der Waals surface area contributed by atoms with Crippen LogP contribution >= 0.6 is 0 Å². The highest BCUT2D eigenvalue weighted by molar-refractivity contribution is 5.28. The van der Waals surface area contributed by atoms with Crippen LogP contribution in [0, 0.1) is 52.3 Å². The number of aliphatic hydroxyl groups excluding tert-OH is 1. The van der Waals surface area contributed by atoms with E-state index in [1.54, 1.807) is 0 Å². The maximum atomic E-state index is 10.3. The average molecular weight is 413 g/mol. The maximum absolute atomic E-state index is 10.3. The first kappa shape index (κ1) is 22.6. The highest BCUT2D eigenvalue weighted by atomic mass is 16.3. The Morgan fingerprint density at radius 2 is 1.70 bits per heavy atom. The third-order valence-electron chi connectivity index (χ3n) is 10.7. The molecule has 0 amide bonds. The van der Waals surface area contributed by atoms with Crippen LogP contribution in [0.25, 0.3) is 0 Å². The van der Waals surface area contributed by atoms with E-state index in [4.69, 9.17) is 0 Å². The molecule has 1 nitrogen and oxygen atoms in total. The minimum Gasteiger partial charge on any atom is -0.393 e. The monoisotopic (exact) mass is 412 g/mol. The summed E-state index contributed by atoms with van der Waals surface area (Å²) < 4.78 is 0. The molecule has 4 aliphatic carbocycles. The molecule has 9 unspecified atom stereocenters. The van der Waals surface area contributed by atoms with Crippen LogP contribution in [0.15, 0.2) is 23.8 Å². The van der Waals surface area contributed by atoms with Gasteiger partial charge in [0, 0.05) is 0 Å². The molecule has 0 radical (unpaired) electrons. The fourth-order valence-corrected chi connectivity index (χ4v) is 8.68. The first-order valence-corrected chi connectivity index (χ1v) is 13.3. The van der Waals surface area contributed by atoms with Crippen molar-refractivity contribution in [2.45, 2.75) is 105 Å². The number of hydrogen-bond donors (Lipinski definition) is 1. The van der Waals surface area contributed by atoms with Gasteiger partial charge in [0.1, 0.15) is 0 Å². The van der Waals surface area contributed by atoms with Gasteiger partial charge in [0.25, 0.3) is 0 Å². The van der Waals surface area contributed by atoms with Crippen LogP contribution in [0.3, 0.4) is 0 Å². The summed E-state index contributed by atoms with van der Waals surface area (Å²) in [7, 11) is 0. The summed E-state index contributed by atoms with van der Waals surface area (Å²) in [5, 5.41) is 10.3. The second-order valence-electron chi connectivity index (χ2n) is 12.5. The average Bonchev–Trinajstić information content (AvgIpc) is 3.06. The van der Waals surface area contributed by atoms with Crippen LogP contribution in [0.5, 0.6) is 0 Å². The zero-order valence-electron chi connectivity index (χ0n) is 20.7. The molecule has 0 aromatic heterocycles. The van der Waals surface area contributed by atoms with E-state index in [0.717, 1.165) is 42.4 Å². The standard InChI is InChI=1S/C29H48O/c1-7-21(19(2)3)9-8-20(4)25-12-13-26-24-11-10-22-18-23(30)14-16-28(22,5)27(24)15-17-29(25,26)6/h8-9,11,19-23,25-27,30H,7,10,12-18H2,1-6H3/b9-8+. The number of hydrogen-bond acceptors (Lipinski definition) is 1. The smallest absolute Gasteiger partial charge is 0.0543 e. The van der Waals surface area contributed by atoms with E-state index in [2.05, 4.69) is 59.8 Å². The maximum Gasteiger partial charge on any atom is 0.0543 e. The number of allylic oxidation sites excluding steroid dienone is 4. The van der Waals surface area contributed by atoms with Crippen LogP contribution in [-0.4, -0.2) is 11.2 Å². The van der Waals surface area contributed by atoms with Gasteiger partial charge in [0.2, 0.25) is 0 Å². The van der Waals surface area contributed by atoms with Crippen LogP contribution in [0.2, 0.25) is 0 Å². The predicted molar refractivity (Wildman–Crippen MR) is 128 cm³/mol. The lowest BCUT2D eigenvalue weighted by Crippen LogP contribution is -2.49. The lowest BCUT2D eigenvalue weighted by atomic mass is 9.47. The Hall–Kier alpha value is -0.560. The van der Waals surface area contributed by atoms with Gasteiger partial charge in [-0.3, -0.25) is 0 Å². The molecule has 4 aliphatic rings. The molecule has 1 heteroatoms. The fraction of sp³-hybridized carbons (Fsp3) is 0.862. The largest absolute Gasteiger partial charge is 0.393 e. The van der Waals surface area contributed by atoms with Crippen molar-refractivity contribution in [1.82, 2.24) is 0 Å². The second kappa shape index (κ2) is 8.42. The molecule has 0 heterocycles. The molecule has 0 aromatic carbocycles. The normalized spacial score (nSPS) is 45.6. The molecule has 4 rings (SSSR count). The zero-order valence-corrected chi connectivity index (χ0v) is 20.7. The minimum atomic E-state index is -0.0480. The summed E-state index contributed by atoms with van der Waals surface area (Å²) in [4.78, 5) is 0. The Morgan fingerprint density at radius 1 is 1.00 bits per heavy atom. The topological polar surface area (TPSA) is 20.2 Å². The molecule has 30 heavy (non-hydrogen) atoms. The number of rotatable bonds is 5. The van der Waals surface area contributed by atoms with Crippen LogP contribution < -0.4 is 0 Å². The molecular formula is C29H48O. The third kappa shape index (κ3) is 3.66. The Kier molecular flexibility index (Phi) is 6.35. The van der Waals surface area contributed by atoms with Gasteiger partial charge in [-0.15, -0.1) is 0 Å². The summed E-state index contributed by atoms with van der Waals surface area (Å²) in [5.41, 5.74) is 2.79. The molecule has 170 valence electrons. The van der Waals surface area contributed by atoms with Crippen molar-refractivity contribution in [2.24, 2.45) is 52.3 Å². The van der Waals surface area contributed by atoms with Gasteiger partial charge in [-0.25, -0.2) is 0 Å². The summed E-state index contributed by atoms with van der Waals surface area (Å²) >= 11 is 0. The van der Waals surface area contributed by atoms with Gasteiger partial charge in [-0.2, -0.15) is 0 Å². The van der Waals surface area contributed by atoms with Gasteiger partial charge in [0.05, 0.1) is 6.10 Å². The van der Waals surface area contributed by atoms with Crippen LogP contribution in [0.1, 0.15) is 99.3 Å². The lowest BCUT2D eigenvalue weighted by Gasteiger charge is -2.57. The summed E-state index contributed by atoms with van der Waals surface area (Å²) in [6, 6.07) is 0. The van der Waals surface area contributed by atoms with Gasteiger partial charge in [0.15, 0.2) is 0 Å². The molecule has 3 fully saturated rings. The zero-order chi connectivity index (χ0) is 21.7. The Labute approximate surface area is 186 Å². The predicted octanol–water partition coefficient (Wildman–Crippen LogP) is 7.80. The van der Waals surface area contributed by atoms with E-state index in [-0.39, 0.29) is 6.10 Å². The Bertz CT molecular complexity index is 674. The van der Waals surface area contributed by atoms with Gasteiger partial charge in [-0.05, 0) is 110 Å². The van der Waals surface area contributed by atoms with Crippen LogP contribution in [-0.2, 0) is 0 Å². The molecule has 0 spiro atoms. The van der Waals surface area contributed by atoms with Crippen molar-refractivity contribution in [2.75, 3.05) is 0 Å². The molecule has 3 saturated carbocycles. The summed E-state index contributed by atoms with van der Waals surface area (Å²) in [5.74, 6) is 5.32. The Balaban J connectivity index is 1.53. The SMILES string of the molecule is CCC(/C=C/C(C)C1CCC2C3=CCC4CC(O)CCC4(C)C3CCC21C)C(C)C. The molecule has 0 bridgehead atoms. The van der Waals surface area contributed by atoms with Gasteiger partial charge >= 0.3 is 0 Å². The molecular weight excluding hydrogens is 364 g/mol. The minimum absolute atomic E-state index is 0.0480. The van der Waals surface area contributed by atoms with Crippen molar-refractivity contribution >= 4 is 0 Å². The van der Waals surface area contributed by atoms with Gasteiger partial charge < -0.3 is 5.11 Å². The molecule has 0 saturated heterocycles. The van der Waals surface area contributed by atoms with E-state index >= 15 is 0 Å². The summed E-state index contributed by atoms with van der Waals surface area (Å²) in [6.45, 7) is 14.8. The Morgan fingerprint density at radius 3 is 2.40 bits per heavy atom. The molecule has 0 aliphatic heterocycles. The van der Waals surface area contributed by atoms with Crippen LogP contribution in [0.4, 0.5) is 0 Å².